The van der Waals surface area contributed by atoms with E-state index in [1.807, 2.05) is 6.92 Å². The number of nitrogens with zero attached hydrogens (tertiary/aromatic N) is 4. The Labute approximate surface area is 108 Å². The highest BCUT2D eigenvalue weighted by molar-refractivity contribution is 5.40. The second-order valence-corrected chi connectivity index (χ2v) is 6.13. The van der Waals surface area contributed by atoms with Gasteiger partial charge in [0.25, 0.3) is 0 Å². The maximum absolute atomic E-state index is 4.42. The standard InChI is InChI=1S/C14H20N4/c1-10-4-14(16-9-15-10)18-7-11-5-17(13-2-3-13)6-12(11)8-18/h4,9,11-13H,2-3,5-8H2,1H3. The minimum atomic E-state index is 0.862. The molecule has 18 heavy (non-hydrogen) atoms. The molecule has 0 bridgehead atoms. The van der Waals surface area contributed by atoms with Crippen molar-refractivity contribution in [3.05, 3.63) is 18.1 Å². The van der Waals surface area contributed by atoms with E-state index in [0.717, 1.165) is 29.4 Å². The molecular formula is C14H20N4. The zero-order valence-electron chi connectivity index (χ0n) is 10.9. The van der Waals surface area contributed by atoms with Crippen LogP contribution < -0.4 is 4.90 Å². The summed E-state index contributed by atoms with van der Waals surface area (Å²) in [6.45, 7) is 7.04. The van der Waals surface area contributed by atoms with Gasteiger partial charge in [-0.3, -0.25) is 4.90 Å². The molecule has 1 aromatic rings. The predicted molar refractivity (Wildman–Crippen MR) is 70.6 cm³/mol. The van der Waals surface area contributed by atoms with Crippen LogP contribution in [0.4, 0.5) is 5.82 Å². The number of hydrogen-bond donors (Lipinski definition) is 0. The molecule has 4 heteroatoms. The van der Waals surface area contributed by atoms with E-state index in [1.54, 1.807) is 6.33 Å². The van der Waals surface area contributed by atoms with Crippen molar-refractivity contribution in [2.75, 3.05) is 31.1 Å². The molecule has 0 aromatic carbocycles. The first-order valence-corrected chi connectivity index (χ1v) is 7.07. The Morgan fingerprint density at radius 1 is 1.06 bits per heavy atom. The predicted octanol–water partition coefficient (Wildman–Crippen LogP) is 1.32. The number of hydrogen-bond acceptors (Lipinski definition) is 4. The summed E-state index contributed by atoms with van der Waals surface area (Å²) in [5.74, 6) is 2.84. The summed E-state index contributed by atoms with van der Waals surface area (Å²) >= 11 is 0. The molecule has 4 nitrogen and oxygen atoms in total. The number of anilines is 1. The normalized spacial score (nSPS) is 31.9. The van der Waals surface area contributed by atoms with E-state index < -0.39 is 0 Å². The van der Waals surface area contributed by atoms with E-state index in [2.05, 4.69) is 25.8 Å². The molecular weight excluding hydrogens is 224 g/mol. The lowest BCUT2D eigenvalue weighted by molar-refractivity contribution is 0.306. The van der Waals surface area contributed by atoms with Crippen molar-refractivity contribution >= 4 is 5.82 Å². The SMILES string of the molecule is Cc1cc(N2CC3CN(C4CC4)CC3C2)ncn1. The van der Waals surface area contributed by atoms with Crippen LogP contribution in [0.5, 0.6) is 0 Å². The van der Waals surface area contributed by atoms with E-state index in [-0.39, 0.29) is 0 Å². The smallest absolute Gasteiger partial charge is 0.132 e. The van der Waals surface area contributed by atoms with Crippen molar-refractivity contribution in [3.8, 4) is 0 Å². The van der Waals surface area contributed by atoms with E-state index in [1.165, 1.54) is 39.0 Å². The Morgan fingerprint density at radius 3 is 2.39 bits per heavy atom. The lowest BCUT2D eigenvalue weighted by Gasteiger charge is -2.22. The van der Waals surface area contributed by atoms with Gasteiger partial charge in [0.2, 0.25) is 0 Å². The van der Waals surface area contributed by atoms with E-state index >= 15 is 0 Å². The minimum Gasteiger partial charge on any atom is -0.356 e. The Bertz CT molecular complexity index is 443. The first-order chi connectivity index (χ1) is 8.79. The average molecular weight is 244 g/mol. The van der Waals surface area contributed by atoms with Crippen LogP contribution in [-0.2, 0) is 0 Å². The summed E-state index contributed by atoms with van der Waals surface area (Å²) in [6, 6.07) is 3.05. The number of aromatic nitrogens is 2. The van der Waals surface area contributed by atoms with Gasteiger partial charge >= 0.3 is 0 Å². The summed E-state index contributed by atoms with van der Waals surface area (Å²) < 4.78 is 0. The Kier molecular flexibility index (Phi) is 2.34. The molecule has 1 saturated carbocycles. The molecule has 1 aromatic heterocycles. The van der Waals surface area contributed by atoms with Gasteiger partial charge in [-0.05, 0) is 31.6 Å². The fourth-order valence-corrected chi connectivity index (χ4v) is 3.57. The van der Waals surface area contributed by atoms with Gasteiger partial charge in [-0.2, -0.15) is 0 Å². The number of likely N-dealkylation sites (tertiary alicyclic amines) is 1. The molecule has 2 unspecified atom stereocenters. The van der Waals surface area contributed by atoms with Gasteiger partial charge in [0.15, 0.2) is 0 Å². The van der Waals surface area contributed by atoms with Crippen molar-refractivity contribution in [1.82, 2.24) is 14.9 Å². The molecule has 4 rings (SSSR count). The van der Waals surface area contributed by atoms with Gasteiger partial charge in [-0.15, -0.1) is 0 Å². The minimum absolute atomic E-state index is 0.862. The zero-order valence-corrected chi connectivity index (χ0v) is 10.9. The molecule has 0 amide bonds. The molecule has 3 heterocycles. The first-order valence-electron chi connectivity index (χ1n) is 7.07. The fraction of sp³-hybridized carbons (Fsp3) is 0.714. The van der Waals surface area contributed by atoms with Crippen LogP contribution in [0.25, 0.3) is 0 Å². The maximum Gasteiger partial charge on any atom is 0.132 e. The molecule has 96 valence electrons. The molecule has 2 aliphatic heterocycles. The summed E-state index contributed by atoms with van der Waals surface area (Å²) in [7, 11) is 0. The van der Waals surface area contributed by atoms with Crippen molar-refractivity contribution < 1.29 is 0 Å². The van der Waals surface area contributed by atoms with Crippen molar-refractivity contribution in [3.63, 3.8) is 0 Å². The van der Waals surface area contributed by atoms with Gasteiger partial charge in [-0.25, -0.2) is 9.97 Å². The summed E-state index contributed by atoms with van der Waals surface area (Å²) in [5, 5.41) is 0. The Hall–Kier alpha value is -1.16. The largest absolute Gasteiger partial charge is 0.356 e. The van der Waals surface area contributed by atoms with Crippen molar-refractivity contribution in [2.24, 2.45) is 11.8 Å². The van der Waals surface area contributed by atoms with Gasteiger partial charge in [0.1, 0.15) is 12.1 Å². The monoisotopic (exact) mass is 244 g/mol. The highest BCUT2D eigenvalue weighted by Crippen LogP contribution is 2.38. The van der Waals surface area contributed by atoms with Crippen molar-refractivity contribution in [1.29, 1.82) is 0 Å². The molecule has 0 spiro atoms. The third kappa shape index (κ3) is 1.79. The second-order valence-electron chi connectivity index (χ2n) is 6.13. The van der Waals surface area contributed by atoms with Crippen LogP contribution in [0.1, 0.15) is 18.5 Å². The van der Waals surface area contributed by atoms with Gasteiger partial charge < -0.3 is 4.90 Å². The summed E-state index contributed by atoms with van der Waals surface area (Å²) in [4.78, 5) is 13.8. The van der Waals surface area contributed by atoms with E-state index in [4.69, 9.17) is 0 Å². The lowest BCUT2D eigenvalue weighted by atomic mass is 10.0. The lowest BCUT2D eigenvalue weighted by Crippen LogP contribution is -2.30. The molecule has 3 aliphatic rings. The summed E-state index contributed by atoms with van der Waals surface area (Å²) in [5.41, 5.74) is 1.07. The van der Waals surface area contributed by atoms with Gasteiger partial charge in [-0.1, -0.05) is 0 Å². The number of rotatable bonds is 2. The van der Waals surface area contributed by atoms with Gasteiger partial charge in [0, 0.05) is 44.0 Å². The maximum atomic E-state index is 4.42. The number of fused-ring (bicyclic) bond motifs is 1. The van der Waals surface area contributed by atoms with Crippen LogP contribution in [0, 0.1) is 18.8 Å². The highest BCUT2D eigenvalue weighted by atomic mass is 15.3. The fourth-order valence-electron chi connectivity index (χ4n) is 3.57. The highest BCUT2D eigenvalue weighted by Gasteiger charge is 2.44. The quantitative estimate of drug-likeness (QED) is 0.785. The molecule has 0 N–H and O–H groups in total. The average Bonchev–Trinajstić information content (AvgIpc) is 3.00. The molecule has 2 atom stereocenters. The number of aryl methyl sites for hydroxylation is 1. The van der Waals surface area contributed by atoms with E-state index in [0.29, 0.717) is 0 Å². The van der Waals surface area contributed by atoms with Crippen LogP contribution in [0.2, 0.25) is 0 Å². The third-order valence-corrected chi connectivity index (χ3v) is 4.69. The Morgan fingerprint density at radius 2 is 1.78 bits per heavy atom. The van der Waals surface area contributed by atoms with Gasteiger partial charge in [0.05, 0.1) is 0 Å². The summed E-state index contributed by atoms with van der Waals surface area (Å²) in [6.07, 6.45) is 4.57. The van der Waals surface area contributed by atoms with Crippen LogP contribution in [0.3, 0.4) is 0 Å². The molecule has 1 aliphatic carbocycles. The zero-order chi connectivity index (χ0) is 12.1. The Balaban J connectivity index is 1.46. The van der Waals surface area contributed by atoms with Crippen LogP contribution >= 0.6 is 0 Å². The topological polar surface area (TPSA) is 32.3 Å². The second kappa shape index (κ2) is 3.92. The first kappa shape index (κ1) is 10.7. The van der Waals surface area contributed by atoms with Crippen molar-refractivity contribution in [2.45, 2.75) is 25.8 Å². The van der Waals surface area contributed by atoms with E-state index in [9.17, 15) is 0 Å². The molecule has 3 fully saturated rings. The molecule has 0 radical (unpaired) electrons. The third-order valence-electron chi connectivity index (χ3n) is 4.69. The van der Waals surface area contributed by atoms with Crippen LogP contribution in [-0.4, -0.2) is 47.1 Å². The van der Waals surface area contributed by atoms with Crippen LogP contribution in [0.15, 0.2) is 12.4 Å². The molecule has 2 saturated heterocycles.